The molecule has 0 spiro atoms. The minimum atomic E-state index is -1.65. The molecule has 0 radical (unpaired) electrons. The molecule has 12 N–H and O–H groups in total. The summed E-state index contributed by atoms with van der Waals surface area (Å²) >= 11 is 1.06. The summed E-state index contributed by atoms with van der Waals surface area (Å²) in [4.78, 5) is 124. The van der Waals surface area contributed by atoms with Crippen molar-refractivity contribution in [3.63, 3.8) is 0 Å². The van der Waals surface area contributed by atoms with Crippen molar-refractivity contribution < 1.29 is 58.5 Å². The molecule has 1 saturated carbocycles. The molecule has 1 fully saturated rings. The number of thioether (sulfide) groups is 1. The number of aliphatic hydroxyl groups excluding tert-OH is 3. The first-order valence-electron chi connectivity index (χ1n) is 20.5. The van der Waals surface area contributed by atoms with Crippen LogP contribution in [0.3, 0.4) is 0 Å². The van der Waals surface area contributed by atoms with E-state index in [9.17, 15) is 58.5 Å². The van der Waals surface area contributed by atoms with Gasteiger partial charge in [-0.3, -0.25) is 43.2 Å². The molecule has 11 atom stereocenters. The molecule has 3 aliphatic rings. The second-order valence-corrected chi connectivity index (χ2v) is 17.1. The third kappa shape index (κ3) is 11.5. The Labute approximate surface area is 360 Å². The normalized spacial score (nSPS) is 29.0. The topological polar surface area (TPSA) is 329 Å². The van der Waals surface area contributed by atoms with Crippen molar-refractivity contribution in [2.45, 2.75) is 100 Å². The van der Waals surface area contributed by atoms with E-state index in [0.717, 1.165) is 11.8 Å². The maximum atomic E-state index is 14.4. The van der Waals surface area contributed by atoms with Crippen LogP contribution in [0.1, 0.15) is 46.5 Å². The Kier molecular flexibility index (Phi) is 16.1. The van der Waals surface area contributed by atoms with Crippen molar-refractivity contribution in [2.24, 2.45) is 29.4 Å². The highest BCUT2D eigenvalue weighted by Gasteiger charge is 2.47. The van der Waals surface area contributed by atoms with Gasteiger partial charge in [0, 0.05) is 34.6 Å². The largest absolute Gasteiger partial charge is 0.394 e. The molecule has 2 aromatic rings. The number of carbonyl (C=O) groups is 9. The highest BCUT2D eigenvalue weighted by molar-refractivity contribution is 7.99. The van der Waals surface area contributed by atoms with Crippen LogP contribution in [-0.2, 0) is 49.7 Å². The fraction of sp³-hybridized carbons (Fsp3) is 0.575. The van der Waals surface area contributed by atoms with Crippen LogP contribution in [0.5, 0.6) is 0 Å². The molecule has 5 rings (SSSR count). The Morgan fingerprint density at radius 3 is 2.16 bits per heavy atom. The molecule has 21 nitrogen and oxygen atoms in total. The number of amides is 8. The maximum Gasteiger partial charge on any atom is 0.244 e. The first-order valence-corrected chi connectivity index (χ1v) is 21.5. The number of hydrogen-bond donors (Lipinski definition) is 11. The number of Topliss-reactive ketones (excluding diaryl/α,β-unsaturated/α-hetero) is 1. The molecule has 22 heteroatoms. The molecule has 1 aromatic carbocycles. The summed E-state index contributed by atoms with van der Waals surface area (Å²) in [6.07, 6.45) is -1.96. The number of fused-ring (bicyclic) bond motifs is 5. The van der Waals surface area contributed by atoms with Gasteiger partial charge in [0.1, 0.15) is 24.2 Å². The van der Waals surface area contributed by atoms with E-state index in [1.807, 2.05) is 0 Å². The van der Waals surface area contributed by atoms with E-state index >= 15 is 0 Å². The van der Waals surface area contributed by atoms with Gasteiger partial charge >= 0.3 is 0 Å². The van der Waals surface area contributed by atoms with Gasteiger partial charge in [-0.2, -0.15) is 0 Å². The van der Waals surface area contributed by atoms with Crippen LogP contribution in [0.4, 0.5) is 0 Å². The Balaban J connectivity index is 1.69. The van der Waals surface area contributed by atoms with E-state index in [0.29, 0.717) is 22.2 Å². The summed E-state index contributed by atoms with van der Waals surface area (Å²) in [5.41, 5.74) is 5.53. The maximum absolute atomic E-state index is 14.4. The summed E-state index contributed by atoms with van der Waals surface area (Å²) in [7, 11) is 0. The fourth-order valence-corrected chi connectivity index (χ4v) is 9.07. The lowest BCUT2D eigenvalue weighted by Crippen LogP contribution is -2.60. The Bertz CT molecular complexity index is 2060. The van der Waals surface area contributed by atoms with E-state index in [4.69, 9.17) is 5.73 Å². The van der Waals surface area contributed by atoms with Crippen LogP contribution in [0, 0.1) is 23.7 Å². The van der Waals surface area contributed by atoms with Gasteiger partial charge in [0.05, 0.1) is 61.9 Å². The van der Waals surface area contributed by atoms with E-state index in [1.165, 1.54) is 6.92 Å². The number of nitrogens with two attached hydrogens (primary N) is 1. The number of hydrogen-bond acceptors (Lipinski definition) is 13. The van der Waals surface area contributed by atoms with Gasteiger partial charge < -0.3 is 62.8 Å². The van der Waals surface area contributed by atoms with Crippen molar-refractivity contribution >= 4 is 75.6 Å². The number of aliphatic hydroxyl groups is 3. The van der Waals surface area contributed by atoms with Gasteiger partial charge in [-0.25, -0.2) is 0 Å². The smallest absolute Gasteiger partial charge is 0.244 e. The predicted octanol–water partition coefficient (Wildman–Crippen LogP) is -3.72. The molecule has 3 heterocycles. The van der Waals surface area contributed by atoms with Gasteiger partial charge in [-0.15, -0.1) is 11.8 Å². The lowest BCUT2D eigenvalue weighted by atomic mass is 9.85. The molecular formula is C40H55N9O12S. The molecule has 62 heavy (non-hydrogen) atoms. The molecule has 8 amide bonds. The first kappa shape index (κ1) is 47.5. The molecular weight excluding hydrogens is 831 g/mol. The number of nitrogens with zero attached hydrogens (tertiary/aromatic N) is 1. The van der Waals surface area contributed by atoms with E-state index in [1.54, 1.807) is 48.9 Å². The monoisotopic (exact) mass is 885 g/mol. The minimum Gasteiger partial charge on any atom is -0.394 e. The third-order valence-electron chi connectivity index (χ3n) is 11.7. The molecule has 0 saturated heterocycles. The molecule has 1 unspecified atom stereocenters. The number of aromatic nitrogens is 1. The third-order valence-corrected chi connectivity index (χ3v) is 12.9. The summed E-state index contributed by atoms with van der Waals surface area (Å²) < 4.78 is 1.62. The second-order valence-electron chi connectivity index (χ2n) is 16.1. The van der Waals surface area contributed by atoms with Gasteiger partial charge in [0.2, 0.25) is 47.3 Å². The second kappa shape index (κ2) is 21.0. The van der Waals surface area contributed by atoms with Crippen LogP contribution in [0.2, 0.25) is 0 Å². The Morgan fingerprint density at radius 2 is 1.48 bits per heavy atom. The van der Waals surface area contributed by atoms with E-state index in [-0.39, 0.29) is 25.1 Å². The van der Waals surface area contributed by atoms with Crippen molar-refractivity contribution in [3.05, 3.63) is 30.5 Å². The first-order chi connectivity index (χ1) is 29.4. The van der Waals surface area contributed by atoms with Crippen LogP contribution in [0.25, 0.3) is 10.8 Å². The summed E-state index contributed by atoms with van der Waals surface area (Å²) in [6.45, 7) is 2.41. The van der Waals surface area contributed by atoms with Crippen LogP contribution in [-0.4, -0.2) is 141 Å². The molecule has 1 aromatic heterocycles. The highest BCUT2D eigenvalue weighted by Crippen LogP contribution is 2.35. The summed E-state index contributed by atoms with van der Waals surface area (Å²) in [5.74, 6) is -12.4. The molecule has 2 bridgehead atoms. The standard InChI is InChI=1S/C40H55N9O12S/c1-4-18(2)32-38(60)43-12-30(54)44-27-17-62-40-22-8-6-5-7-20(22)14-49(40)15-26(36(58)42-13-31(55)47-32)46-39(61)33(19(3)28(52)16-50)48-35(57)24-10-21(51)9-23(24)34(56)25(11-29(41)53)45-37(27)59/h5-8,14,18-19,21,23-28,32-33,50-52H,4,9-13,15-17H2,1-3H3,(H2,41,53)(H,42,58)(H,43,60)(H,44,54)(H,45,59)(H,46,61)(H,47,55)(H,48,57)/t18-,19-,21-,23?,24+,25-,26-,27-,28-,32-,33-/m0/s1. The van der Waals surface area contributed by atoms with Crippen molar-refractivity contribution in [1.29, 1.82) is 0 Å². The zero-order valence-corrected chi connectivity index (χ0v) is 35.4. The zero-order valence-electron chi connectivity index (χ0n) is 34.6. The van der Waals surface area contributed by atoms with Crippen molar-refractivity contribution in [3.8, 4) is 0 Å². The molecule has 338 valence electrons. The predicted molar refractivity (Wildman–Crippen MR) is 221 cm³/mol. The molecule has 1 aliphatic carbocycles. The van der Waals surface area contributed by atoms with Crippen LogP contribution in [0.15, 0.2) is 35.5 Å². The van der Waals surface area contributed by atoms with Crippen molar-refractivity contribution in [1.82, 2.24) is 41.8 Å². The zero-order chi connectivity index (χ0) is 45.4. The number of nitrogens with one attached hydrogen (secondary N) is 7. The van der Waals surface area contributed by atoms with E-state index < -0.39 is 145 Å². The molecule has 2 aliphatic heterocycles. The average Bonchev–Trinajstić information content (AvgIpc) is 3.81. The summed E-state index contributed by atoms with van der Waals surface area (Å²) in [6, 6.07) is -0.371. The average molecular weight is 886 g/mol. The van der Waals surface area contributed by atoms with Gasteiger partial charge in [0.25, 0.3) is 0 Å². The van der Waals surface area contributed by atoms with E-state index in [2.05, 4.69) is 37.2 Å². The lowest BCUT2D eigenvalue weighted by molar-refractivity contribution is -0.139. The Hall–Kier alpha value is -5.58. The quantitative estimate of drug-likeness (QED) is 0.128. The Morgan fingerprint density at radius 1 is 0.823 bits per heavy atom. The van der Waals surface area contributed by atoms with Crippen molar-refractivity contribution in [2.75, 3.05) is 25.4 Å². The SMILES string of the molecule is CC[C@H](C)[C@@H]1NC(=O)CNC(=O)[C@@H]2Cn3cc4ccccc4c3SC[C@H](NC(=O)CNC1=O)C(=O)N[C@@H](CC(N)=O)C(=O)C1C[C@H](O)C[C@H]1C(=O)N[C@@H]([C@@H](C)[C@@H](O)CO)C(=O)N2. The minimum absolute atomic E-state index is 0.225. The van der Waals surface area contributed by atoms with Gasteiger partial charge in [-0.05, 0) is 18.8 Å². The van der Waals surface area contributed by atoms with Crippen LogP contribution < -0.4 is 43.0 Å². The lowest BCUT2D eigenvalue weighted by Gasteiger charge is -2.31. The highest BCUT2D eigenvalue weighted by atomic mass is 32.2. The van der Waals surface area contributed by atoms with Gasteiger partial charge in [0.15, 0.2) is 5.78 Å². The van der Waals surface area contributed by atoms with Gasteiger partial charge in [-0.1, -0.05) is 51.5 Å². The number of primary amides is 1. The van der Waals surface area contributed by atoms with Crippen LogP contribution >= 0.6 is 11.8 Å². The number of carbonyl (C=O) groups excluding carboxylic acids is 9. The number of rotatable bonds is 7. The fourth-order valence-electron chi connectivity index (χ4n) is 7.87. The summed E-state index contributed by atoms with van der Waals surface area (Å²) in [5, 5.41) is 50.9. The number of benzene rings is 1. The number of ketones is 1.